The van der Waals surface area contributed by atoms with Gasteiger partial charge in [0.25, 0.3) is 11.7 Å². The number of carbonyl (C=O) groups excluding carboxylic acids is 2. The molecule has 0 unspecified atom stereocenters. The third kappa shape index (κ3) is 2.19. The summed E-state index contributed by atoms with van der Waals surface area (Å²) in [6.45, 7) is -0.235. The van der Waals surface area contributed by atoms with Crippen molar-refractivity contribution < 1.29 is 18.4 Å². The Morgan fingerprint density at radius 1 is 1.05 bits per heavy atom. The summed E-state index contributed by atoms with van der Waals surface area (Å²) in [4.78, 5) is 24.7. The third-order valence-electron chi connectivity index (χ3n) is 3.28. The van der Waals surface area contributed by atoms with E-state index in [1.54, 1.807) is 0 Å². The highest BCUT2D eigenvalue weighted by Gasteiger charge is 2.38. The van der Waals surface area contributed by atoms with E-state index in [4.69, 9.17) is 11.6 Å². The predicted molar refractivity (Wildman–Crippen MR) is 73.3 cm³/mol. The fourth-order valence-corrected chi connectivity index (χ4v) is 2.44. The highest BCUT2D eigenvalue weighted by molar-refractivity contribution is 6.52. The molecule has 21 heavy (non-hydrogen) atoms. The first-order chi connectivity index (χ1) is 9.99. The Morgan fingerprint density at radius 2 is 1.81 bits per heavy atom. The lowest BCUT2D eigenvalue weighted by atomic mass is 10.1. The number of hydrogen-bond donors (Lipinski definition) is 0. The van der Waals surface area contributed by atoms with Crippen molar-refractivity contribution in [2.45, 2.75) is 6.54 Å². The fourth-order valence-electron chi connectivity index (χ4n) is 2.28. The van der Waals surface area contributed by atoms with Crippen LogP contribution in [0.4, 0.5) is 14.5 Å². The molecule has 0 bridgehead atoms. The van der Waals surface area contributed by atoms with Crippen molar-refractivity contribution in [1.29, 1.82) is 0 Å². The maximum absolute atomic E-state index is 13.9. The molecule has 3 nitrogen and oxygen atoms in total. The predicted octanol–water partition coefficient (Wildman–Crippen LogP) is 3.35. The molecule has 2 aromatic carbocycles. The Hall–Kier alpha value is -2.27. The summed E-state index contributed by atoms with van der Waals surface area (Å²) in [5, 5.41) is 0.214. The molecule has 1 heterocycles. The second-order valence-electron chi connectivity index (χ2n) is 4.59. The van der Waals surface area contributed by atoms with Gasteiger partial charge in [-0.1, -0.05) is 23.7 Å². The number of ketones is 1. The number of benzene rings is 2. The van der Waals surface area contributed by atoms with E-state index in [0.29, 0.717) is 0 Å². The van der Waals surface area contributed by atoms with Crippen molar-refractivity contribution in [2.75, 3.05) is 4.90 Å². The maximum atomic E-state index is 13.9. The summed E-state index contributed by atoms with van der Waals surface area (Å²) in [6.07, 6.45) is 0. The minimum absolute atomic E-state index is 0.00521. The molecule has 0 fully saturated rings. The molecule has 2 aromatic rings. The number of amides is 1. The average Bonchev–Trinajstić information content (AvgIpc) is 2.68. The molecule has 0 saturated heterocycles. The molecule has 106 valence electrons. The number of anilines is 1. The molecule has 0 N–H and O–H groups in total. The zero-order valence-electron chi connectivity index (χ0n) is 10.6. The summed E-state index contributed by atoms with van der Waals surface area (Å²) < 4.78 is 27.7. The van der Waals surface area contributed by atoms with Gasteiger partial charge in [-0.2, -0.15) is 0 Å². The average molecular weight is 308 g/mol. The van der Waals surface area contributed by atoms with Crippen molar-refractivity contribution in [3.63, 3.8) is 0 Å². The minimum Gasteiger partial charge on any atom is -0.297 e. The van der Waals surface area contributed by atoms with Crippen LogP contribution in [0.25, 0.3) is 0 Å². The Balaban J connectivity index is 2.04. The summed E-state index contributed by atoms with van der Waals surface area (Å²) in [7, 11) is 0. The van der Waals surface area contributed by atoms with E-state index in [0.717, 1.165) is 17.0 Å². The molecule has 1 aliphatic rings. The molecule has 0 saturated carbocycles. The van der Waals surface area contributed by atoms with Gasteiger partial charge in [0, 0.05) is 10.6 Å². The van der Waals surface area contributed by atoms with Crippen molar-refractivity contribution in [1.82, 2.24) is 0 Å². The first-order valence-electron chi connectivity index (χ1n) is 6.07. The molecule has 0 spiro atoms. The van der Waals surface area contributed by atoms with Gasteiger partial charge in [-0.25, -0.2) is 8.78 Å². The summed E-state index contributed by atoms with van der Waals surface area (Å²) in [5.74, 6) is -2.98. The lowest BCUT2D eigenvalue weighted by Crippen LogP contribution is -2.30. The van der Waals surface area contributed by atoms with Gasteiger partial charge in [0.05, 0.1) is 17.8 Å². The molecule has 3 rings (SSSR count). The standard InChI is InChI=1S/C15H8ClF2NO2/c16-9-5-4-8(12(18)6-9)7-19-13-10(14(20)15(19)21)2-1-3-11(13)17/h1-6H,7H2. The van der Waals surface area contributed by atoms with Gasteiger partial charge in [-0.15, -0.1) is 0 Å². The van der Waals surface area contributed by atoms with Crippen molar-refractivity contribution in [2.24, 2.45) is 0 Å². The van der Waals surface area contributed by atoms with Gasteiger partial charge >= 0.3 is 0 Å². The van der Waals surface area contributed by atoms with Crippen LogP contribution in [0, 0.1) is 11.6 Å². The van der Waals surface area contributed by atoms with Crippen LogP contribution in [0.5, 0.6) is 0 Å². The van der Waals surface area contributed by atoms with Crippen molar-refractivity contribution in [3.05, 3.63) is 64.2 Å². The lowest BCUT2D eigenvalue weighted by molar-refractivity contribution is -0.114. The smallest absolute Gasteiger partial charge is 0.297 e. The van der Waals surface area contributed by atoms with Crippen LogP contribution >= 0.6 is 11.6 Å². The summed E-state index contributed by atoms with van der Waals surface area (Å²) in [5.41, 5.74) is 0.0351. The van der Waals surface area contributed by atoms with Crippen LogP contribution in [0.1, 0.15) is 15.9 Å². The van der Waals surface area contributed by atoms with Crippen LogP contribution in [-0.2, 0) is 11.3 Å². The van der Waals surface area contributed by atoms with Crippen molar-refractivity contribution in [3.8, 4) is 0 Å². The van der Waals surface area contributed by atoms with Crippen LogP contribution < -0.4 is 4.90 Å². The number of halogens is 3. The van der Waals surface area contributed by atoms with Crippen LogP contribution in [0.15, 0.2) is 36.4 Å². The minimum atomic E-state index is -0.871. The number of carbonyl (C=O) groups is 2. The summed E-state index contributed by atoms with van der Waals surface area (Å²) >= 11 is 5.66. The maximum Gasteiger partial charge on any atom is 0.299 e. The van der Waals surface area contributed by atoms with E-state index in [9.17, 15) is 18.4 Å². The first kappa shape index (κ1) is 13.7. The zero-order chi connectivity index (χ0) is 15.1. The Morgan fingerprint density at radius 3 is 2.52 bits per heavy atom. The number of fused-ring (bicyclic) bond motifs is 1. The van der Waals surface area contributed by atoms with E-state index in [1.165, 1.54) is 24.3 Å². The molecule has 0 atom stereocenters. The monoisotopic (exact) mass is 307 g/mol. The Kier molecular flexibility index (Phi) is 3.22. The van der Waals surface area contributed by atoms with Crippen LogP contribution in [0.2, 0.25) is 5.02 Å². The number of rotatable bonds is 2. The van der Waals surface area contributed by atoms with E-state index >= 15 is 0 Å². The molecule has 6 heteroatoms. The fraction of sp³-hybridized carbons (Fsp3) is 0.0667. The Labute approximate surface area is 123 Å². The van der Waals surface area contributed by atoms with Gasteiger partial charge < -0.3 is 0 Å². The number of Topliss-reactive ketones (excluding diaryl/α,β-unsaturated/α-hetero) is 1. The van der Waals surface area contributed by atoms with E-state index in [-0.39, 0.29) is 28.4 Å². The normalized spacial score (nSPS) is 13.8. The van der Waals surface area contributed by atoms with Crippen LogP contribution in [-0.4, -0.2) is 11.7 Å². The second-order valence-corrected chi connectivity index (χ2v) is 5.03. The van der Waals surface area contributed by atoms with Gasteiger partial charge in [0.2, 0.25) is 0 Å². The Bertz CT molecular complexity index is 776. The zero-order valence-corrected chi connectivity index (χ0v) is 11.3. The third-order valence-corrected chi connectivity index (χ3v) is 3.52. The molecule has 1 aliphatic heterocycles. The highest BCUT2D eigenvalue weighted by Crippen LogP contribution is 2.33. The van der Waals surface area contributed by atoms with E-state index in [2.05, 4.69) is 0 Å². The van der Waals surface area contributed by atoms with Crippen molar-refractivity contribution >= 4 is 29.0 Å². The molecule has 0 aromatic heterocycles. The number of para-hydroxylation sites is 1. The molecular formula is C15H8ClF2NO2. The molecule has 0 aliphatic carbocycles. The van der Waals surface area contributed by atoms with E-state index < -0.39 is 23.3 Å². The largest absolute Gasteiger partial charge is 0.299 e. The first-order valence-corrected chi connectivity index (χ1v) is 6.45. The number of hydrogen-bond acceptors (Lipinski definition) is 2. The lowest BCUT2D eigenvalue weighted by Gasteiger charge is -2.17. The van der Waals surface area contributed by atoms with Gasteiger partial charge in [0.1, 0.15) is 11.6 Å². The highest BCUT2D eigenvalue weighted by atomic mass is 35.5. The second kappa shape index (κ2) is 4.93. The quantitative estimate of drug-likeness (QED) is 0.798. The topological polar surface area (TPSA) is 37.4 Å². The SMILES string of the molecule is O=C1C(=O)N(Cc2ccc(Cl)cc2F)c2c(F)cccc21. The number of nitrogens with zero attached hydrogens (tertiary/aromatic N) is 1. The van der Waals surface area contributed by atoms with E-state index in [1.807, 2.05) is 0 Å². The molecule has 0 radical (unpaired) electrons. The molecule has 1 amide bonds. The van der Waals surface area contributed by atoms with Gasteiger partial charge in [-0.3, -0.25) is 14.5 Å². The summed E-state index contributed by atoms with van der Waals surface area (Å²) in [6, 6.07) is 7.83. The van der Waals surface area contributed by atoms with Gasteiger partial charge in [-0.05, 0) is 24.3 Å². The van der Waals surface area contributed by atoms with Gasteiger partial charge in [0.15, 0.2) is 0 Å². The molecular weight excluding hydrogens is 300 g/mol. The van der Waals surface area contributed by atoms with Crippen LogP contribution in [0.3, 0.4) is 0 Å².